The molecule has 1 fully saturated rings. The number of benzene rings is 2. The van der Waals surface area contributed by atoms with Crippen molar-refractivity contribution >= 4 is 28.4 Å². The van der Waals surface area contributed by atoms with Gasteiger partial charge in [-0.1, -0.05) is 42.5 Å². The Bertz CT molecular complexity index is 649. The van der Waals surface area contributed by atoms with Gasteiger partial charge in [-0.3, -0.25) is 4.79 Å². The van der Waals surface area contributed by atoms with Crippen LogP contribution in [0, 0.1) is 5.92 Å². The van der Waals surface area contributed by atoms with Gasteiger partial charge in [0.05, 0.1) is 6.54 Å². The highest BCUT2D eigenvalue weighted by molar-refractivity contribution is 7.98. The number of thioether (sulfide) groups is 1. The summed E-state index contributed by atoms with van der Waals surface area (Å²) in [6.45, 7) is 2.17. The molecule has 0 saturated heterocycles. The van der Waals surface area contributed by atoms with Crippen LogP contribution in [0.1, 0.15) is 18.4 Å². The lowest BCUT2D eigenvalue weighted by Crippen LogP contribution is -2.35. The zero-order valence-corrected chi connectivity index (χ0v) is 14.2. The quantitative estimate of drug-likeness (QED) is 0.695. The predicted molar refractivity (Wildman–Crippen MR) is 98.7 cm³/mol. The molecule has 0 unspecified atom stereocenters. The van der Waals surface area contributed by atoms with Gasteiger partial charge in [-0.25, -0.2) is 0 Å². The largest absolute Gasteiger partial charge is 0.354 e. The number of rotatable bonds is 9. The summed E-state index contributed by atoms with van der Waals surface area (Å²) < 4.78 is 0. The highest BCUT2D eigenvalue weighted by atomic mass is 32.2. The smallest absolute Gasteiger partial charge is 0.233 e. The van der Waals surface area contributed by atoms with Crippen LogP contribution >= 0.6 is 11.8 Å². The molecule has 1 saturated carbocycles. The number of hydrogen-bond donors (Lipinski definition) is 2. The van der Waals surface area contributed by atoms with Crippen molar-refractivity contribution in [3.63, 3.8) is 0 Å². The lowest BCUT2D eigenvalue weighted by Gasteiger charge is -2.08. The van der Waals surface area contributed by atoms with Crippen molar-refractivity contribution in [1.82, 2.24) is 10.6 Å². The minimum Gasteiger partial charge on any atom is -0.354 e. The monoisotopic (exact) mass is 328 g/mol. The third-order valence-electron chi connectivity index (χ3n) is 4.12. The Hall–Kier alpha value is -1.52. The molecule has 1 aliphatic carbocycles. The van der Waals surface area contributed by atoms with Crippen LogP contribution in [0.2, 0.25) is 0 Å². The zero-order chi connectivity index (χ0) is 15.9. The number of carbonyl (C=O) groups is 1. The van der Waals surface area contributed by atoms with E-state index in [9.17, 15) is 4.79 Å². The summed E-state index contributed by atoms with van der Waals surface area (Å²) in [6, 6.07) is 15.0. The molecule has 4 heteroatoms. The number of nitrogens with one attached hydrogen (secondary N) is 2. The van der Waals surface area contributed by atoms with Crippen molar-refractivity contribution < 1.29 is 4.79 Å². The average molecular weight is 328 g/mol. The molecular weight excluding hydrogens is 304 g/mol. The van der Waals surface area contributed by atoms with Gasteiger partial charge in [-0.2, -0.15) is 11.8 Å². The molecule has 2 aromatic carbocycles. The van der Waals surface area contributed by atoms with Crippen LogP contribution < -0.4 is 10.6 Å². The topological polar surface area (TPSA) is 41.1 Å². The lowest BCUT2D eigenvalue weighted by atomic mass is 10.1. The molecule has 0 aliphatic heterocycles. The van der Waals surface area contributed by atoms with Gasteiger partial charge < -0.3 is 10.6 Å². The van der Waals surface area contributed by atoms with Gasteiger partial charge in [-0.15, -0.1) is 0 Å². The van der Waals surface area contributed by atoms with Gasteiger partial charge in [0.25, 0.3) is 0 Å². The van der Waals surface area contributed by atoms with Gasteiger partial charge >= 0.3 is 0 Å². The summed E-state index contributed by atoms with van der Waals surface area (Å²) >= 11 is 1.87. The number of carbonyl (C=O) groups excluding carboxylic acids is 1. The minimum atomic E-state index is 0.108. The van der Waals surface area contributed by atoms with Gasteiger partial charge in [0.15, 0.2) is 0 Å². The van der Waals surface area contributed by atoms with E-state index in [0.29, 0.717) is 6.54 Å². The van der Waals surface area contributed by atoms with E-state index in [0.717, 1.165) is 30.5 Å². The van der Waals surface area contributed by atoms with Crippen LogP contribution in [0.3, 0.4) is 0 Å². The summed E-state index contributed by atoms with van der Waals surface area (Å²) in [5.74, 6) is 2.85. The van der Waals surface area contributed by atoms with Crippen LogP contribution in [0.5, 0.6) is 0 Å². The van der Waals surface area contributed by atoms with Crippen LogP contribution in [0.25, 0.3) is 10.8 Å². The fourth-order valence-electron chi connectivity index (χ4n) is 2.64. The molecule has 0 heterocycles. The third-order valence-corrected chi connectivity index (χ3v) is 5.13. The molecule has 0 radical (unpaired) electrons. The molecule has 0 atom stereocenters. The van der Waals surface area contributed by atoms with E-state index in [1.54, 1.807) is 0 Å². The Morgan fingerprint density at radius 2 is 1.96 bits per heavy atom. The molecule has 3 rings (SSSR count). The summed E-state index contributed by atoms with van der Waals surface area (Å²) in [5.41, 5.74) is 1.37. The van der Waals surface area contributed by atoms with Crippen molar-refractivity contribution in [2.24, 2.45) is 5.92 Å². The predicted octanol–water partition coefficient (Wildman–Crippen LogP) is 3.19. The molecule has 122 valence electrons. The van der Waals surface area contributed by atoms with Crippen molar-refractivity contribution in [3.05, 3.63) is 48.0 Å². The molecule has 0 spiro atoms. The van der Waals surface area contributed by atoms with Gasteiger partial charge in [0.1, 0.15) is 0 Å². The molecule has 3 nitrogen and oxygen atoms in total. The molecule has 1 aliphatic rings. The van der Waals surface area contributed by atoms with E-state index in [1.165, 1.54) is 29.2 Å². The Balaban J connectivity index is 1.33. The first kappa shape index (κ1) is 16.3. The molecule has 0 aromatic heterocycles. The van der Waals surface area contributed by atoms with Crippen LogP contribution in [0.4, 0.5) is 0 Å². The molecule has 2 aromatic rings. The second kappa shape index (κ2) is 8.37. The van der Waals surface area contributed by atoms with Crippen LogP contribution in [0.15, 0.2) is 42.5 Å². The normalized spacial score (nSPS) is 14.1. The maximum absolute atomic E-state index is 11.7. The van der Waals surface area contributed by atoms with E-state index >= 15 is 0 Å². The number of hydrogen-bond acceptors (Lipinski definition) is 3. The van der Waals surface area contributed by atoms with Crippen LogP contribution in [-0.4, -0.2) is 31.3 Å². The van der Waals surface area contributed by atoms with Crippen molar-refractivity contribution in [2.75, 3.05) is 25.4 Å². The highest BCUT2D eigenvalue weighted by Crippen LogP contribution is 2.27. The van der Waals surface area contributed by atoms with E-state index in [4.69, 9.17) is 0 Å². The maximum Gasteiger partial charge on any atom is 0.233 e. The summed E-state index contributed by atoms with van der Waals surface area (Å²) in [5, 5.41) is 8.81. The van der Waals surface area contributed by atoms with Crippen molar-refractivity contribution in [1.29, 1.82) is 0 Å². The Labute approximate surface area is 142 Å². The van der Waals surface area contributed by atoms with Crippen molar-refractivity contribution in [2.45, 2.75) is 18.6 Å². The molecule has 2 N–H and O–H groups in total. The standard InChI is InChI=1S/C19H24N2OS/c22-19(13-20-12-15-8-9-15)21-10-11-23-14-17-6-3-5-16-4-1-2-7-18(16)17/h1-7,15,20H,8-14H2,(H,21,22). The molecular formula is C19H24N2OS. The maximum atomic E-state index is 11.7. The first-order valence-corrected chi connectivity index (χ1v) is 9.50. The van der Waals surface area contributed by atoms with Crippen molar-refractivity contribution in [3.8, 4) is 0 Å². The van der Waals surface area contributed by atoms with E-state index in [1.807, 2.05) is 11.8 Å². The van der Waals surface area contributed by atoms with Gasteiger partial charge in [-0.05, 0) is 41.6 Å². The van der Waals surface area contributed by atoms with Gasteiger partial charge in [0.2, 0.25) is 5.91 Å². The highest BCUT2D eigenvalue weighted by Gasteiger charge is 2.20. The Kier molecular flexibility index (Phi) is 5.94. The Morgan fingerprint density at radius 1 is 1.13 bits per heavy atom. The minimum absolute atomic E-state index is 0.108. The molecule has 0 bridgehead atoms. The van der Waals surface area contributed by atoms with E-state index in [2.05, 4.69) is 53.1 Å². The second-order valence-electron chi connectivity index (χ2n) is 6.12. The lowest BCUT2D eigenvalue weighted by molar-refractivity contribution is -0.120. The first-order chi connectivity index (χ1) is 11.3. The summed E-state index contributed by atoms with van der Waals surface area (Å²) in [7, 11) is 0. The second-order valence-corrected chi connectivity index (χ2v) is 7.22. The number of fused-ring (bicyclic) bond motifs is 1. The average Bonchev–Trinajstić information content (AvgIpc) is 3.39. The van der Waals surface area contributed by atoms with E-state index in [-0.39, 0.29) is 5.91 Å². The Morgan fingerprint density at radius 3 is 2.83 bits per heavy atom. The third kappa shape index (κ3) is 5.26. The van der Waals surface area contributed by atoms with Gasteiger partial charge in [0, 0.05) is 18.1 Å². The fraction of sp³-hybridized carbons (Fsp3) is 0.421. The summed E-state index contributed by atoms with van der Waals surface area (Å²) in [4.78, 5) is 11.7. The summed E-state index contributed by atoms with van der Waals surface area (Å²) in [6.07, 6.45) is 2.64. The molecule has 23 heavy (non-hydrogen) atoms. The van der Waals surface area contributed by atoms with Crippen LogP contribution in [-0.2, 0) is 10.5 Å². The number of amides is 1. The SMILES string of the molecule is O=C(CNCC1CC1)NCCSCc1cccc2ccccc12. The first-order valence-electron chi connectivity index (χ1n) is 8.35. The van der Waals surface area contributed by atoms with E-state index < -0.39 is 0 Å². The zero-order valence-electron chi connectivity index (χ0n) is 13.4. The molecule has 1 amide bonds. The fourth-order valence-corrected chi connectivity index (χ4v) is 3.50.